The average Bonchev–Trinajstić information content (AvgIpc) is 2.82. The normalized spacial score (nSPS) is 12.1. The topological polar surface area (TPSA) is 4.93 Å². The molecule has 17 heavy (non-hydrogen) atoms. The van der Waals surface area contributed by atoms with E-state index in [1.807, 2.05) is 18.2 Å². The molecule has 1 aromatic heterocycles. The minimum Gasteiger partial charge on any atom is -0.336 e. The van der Waals surface area contributed by atoms with Crippen molar-refractivity contribution in [2.45, 2.75) is 6.54 Å². The van der Waals surface area contributed by atoms with E-state index in [1.54, 1.807) is 0 Å². The molecule has 0 saturated heterocycles. The van der Waals surface area contributed by atoms with E-state index >= 15 is 0 Å². The van der Waals surface area contributed by atoms with Crippen LogP contribution in [0.25, 0.3) is 22.2 Å². The van der Waals surface area contributed by atoms with E-state index in [0.717, 1.165) is 11.6 Å². The van der Waals surface area contributed by atoms with Gasteiger partial charge in [-0.2, -0.15) is 0 Å². The maximum absolute atomic E-state index is 6.02. The lowest BCUT2D eigenvalue weighted by molar-refractivity contribution is 0.841. The quantitative estimate of drug-likeness (QED) is 0.491. The van der Waals surface area contributed by atoms with Crippen LogP contribution >= 0.6 is 11.6 Å². The molecule has 2 aliphatic rings. The molecule has 1 aliphatic carbocycles. The molecule has 0 spiro atoms. The van der Waals surface area contributed by atoms with Crippen molar-refractivity contribution in [3.05, 3.63) is 59.1 Å². The zero-order valence-corrected chi connectivity index (χ0v) is 9.91. The fraction of sp³-hybridized carbons (Fsp3) is 0.0667. The third kappa shape index (κ3) is 1.26. The molecular weight excluding hydrogens is 230 g/mol. The molecule has 0 saturated carbocycles. The Bertz CT molecular complexity index is 740. The Kier molecular flexibility index (Phi) is 1.72. The van der Waals surface area contributed by atoms with Crippen molar-refractivity contribution in [1.82, 2.24) is 4.57 Å². The third-order valence-corrected chi connectivity index (χ3v) is 3.66. The summed E-state index contributed by atoms with van der Waals surface area (Å²) in [7, 11) is 0. The van der Waals surface area contributed by atoms with Gasteiger partial charge in [-0.15, -0.1) is 0 Å². The second-order valence-corrected chi connectivity index (χ2v) is 4.96. The molecular formula is C15H10ClN. The fourth-order valence-corrected chi connectivity index (χ4v) is 2.87. The van der Waals surface area contributed by atoms with Crippen molar-refractivity contribution < 1.29 is 0 Å². The highest BCUT2D eigenvalue weighted by Crippen LogP contribution is 2.37. The first-order valence-electron chi connectivity index (χ1n) is 5.69. The molecule has 2 aromatic carbocycles. The number of hydrogen-bond donors (Lipinski definition) is 0. The second-order valence-electron chi connectivity index (χ2n) is 4.52. The Morgan fingerprint density at radius 1 is 1.00 bits per heavy atom. The Hall–Kier alpha value is -1.73. The molecule has 0 atom stereocenters. The summed E-state index contributed by atoms with van der Waals surface area (Å²) in [5.41, 5.74) is 5.23. The first-order chi connectivity index (χ1) is 8.31. The van der Waals surface area contributed by atoms with Gasteiger partial charge in [-0.05, 0) is 41.5 Å². The summed E-state index contributed by atoms with van der Waals surface area (Å²) in [6.45, 7) is 0.896. The molecule has 0 unspecified atom stereocenters. The molecule has 0 radical (unpaired) electrons. The largest absolute Gasteiger partial charge is 0.336 e. The van der Waals surface area contributed by atoms with Crippen LogP contribution in [-0.2, 0) is 6.54 Å². The van der Waals surface area contributed by atoms with Gasteiger partial charge in [0.1, 0.15) is 0 Å². The van der Waals surface area contributed by atoms with E-state index < -0.39 is 0 Å². The molecule has 0 N–H and O–H groups in total. The predicted octanol–water partition coefficient (Wildman–Crippen LogP) is 4.32. The Morgan fingerprint density at radius 2 is 1.94 bits per heavy atom. The first kappa shape index (κ1) is 9.32. The maximum Gasteiger partial charge on any atom is 0.0494 e. The number of nitrogens with zero attached hydrogens (tertiary/aromatic N) is 1. The lowest BCUT2D eigenvalue weighted by Crippen LogP contribution is -2.03. The molecule has 0 fully saturated rings. The summed E-state index contributed by atoms with van der Waals surface area (Å²) in [4.78, 5) is 0. The van der Waals surface area contributed by atoms with Crippen molar-refractivity contribution in [2.24, 2.45) is 0 Å². The molecule has 2 heteroatoms. The van der Waals surface area contributed by atoms with Crippen LogP contribution in [0.15, 0.2) is 48.5 Å². The summed E-state index contributed by atoms with van der Waals surface area (Å²) < 4.78 is 2.36. The van der Waals surface area contributed by atoms with Gasteiger partial charge in [0, 0.05) is 28.2 Å². The Labute approximate surface area is 104 Å². The number of aromatic nitrogens is 1. The number of pyridine rings is 2. The van der Waals surface area contributed by atoms with Crippen LogP contribution in [0, 0.1) is 0 Å². The van der Waals surface area contributed by atoms with E-state index in [1.165, 1.54) is 27.7 Å². The van der Waals surface area contributed by atoms with Crippen molar-refractivity contribution in [3.63, 3.8) is 0 Å². The zero-order chi connectivity index (χ0) is 11.4. The average molecular weight is 240 g/mol. The molecule has 82 valence electrons. The smallest absolute Gasteiger partial charge is 0.0494 e. The van der Waals surface area contributed by atoms with Crippen LogP contribution < -0.4 is 0 Å². The number of rotatable bonds is 2. The van der Waals surface area contributed by atoms with Gasteiger partial charge in [-0.25, -0.2) is 0 Å². The standard InChI is InChI=1S/C15H10ClN/c16-13-3-1-2-10(6-13)9-17-14-5-4-11-7-12(14)8-15(11)17/h1-8H,9H2. The number of hydrogen-bond acceptors (Lipinski definition) is 0. The molecule has 4 bridgehead atoms. The molecule has 3 aromatic rings. The van der Waals surface area contributed by atoms with Crippen molar-refractivity contribution >= 4 is 22.5 Å². The summed E-state index contributed by atoms with van der Waals surface area (Å²) in [6.07, 6.45) is 0. The first-order valence-corrected chi connectivity index (χ1v) is 6.07. The highest BCUT2D eigenvalue weighted by Gasteiger charge is 2.17. The van der Waals surface area contributed by atoms with Crippen LogP contribution in [0.3, 0.4) is 0 Å². The zero-order valence-electron chi connectivity index (χ0n) is 9.15. The van der Waals surface area contributed by atoms with Crippen LogP contribution in [0.5, 0.6) is 0 Å². The summed E-state index contributed by atoms with van der Waals surface area (Å²) in [5, 5.41) is 2.15. The van der Waals surface area contributed by atoms with Crippen molar-refractivity contribution in [3.8, 4) is 11.3 Å². The Morgan fingerprint density at radius 3 is 2.71 bits per heavy atom. The van der Waals surface area contributed by atoms with Crippen LogP contribution in [-0.4, -0.2) is 4.57 Å². The van der Waals surface area contributed by atoms with E-state index in [-0.39, 0.29) is 0 Å². The lowest BCUT2D eigenvalue weighted by Gasteiger charge is -2.15. The highest BCUT2D eigenvalue weighted by molar-refractivity contribution is 6.30. The van der Waals surface area contributed by atoms with Gasteiger partial charge >= 0.3 is 0 Å². The number of fused-ring (bicyclic) bond motifs is 1. The molecule has 5 rings (SSSR count). The predicted molar refractivity (Wildman–Crippen MR) is 71.5 cm³/mol. The monoisotopic (exact) mass is 239 g/mol. The molecule has 1 nitrogen and oxygen atoms in total. The molecule has 2 heterocycles. The van der Waals surface area contributed by atoms with E-state index in [9.17, 15) is 0 Å². The highest BCUT2D eigenvalue weighted by atomic mass is 35.5. The van der Waals surface area contributed by atoms with E-state index in [4.69, 9.17) is 11.6 Å². The van der Waals surface area contributed by atoms with Crippen LogP contribution in [0.2, 0.25) is 5.02 Å². The van der Waals surface area contributed by atoms with Gasteiger partial charge in [-0.1, -0.05) is 29.8 Å². The lowest BCUT2D eigenvalue weighted by atomic mass is 10.1. The Balaban J connectivity index is 1.83. The summed E-state index contributed by atoms with van der Waals surface area (Å²) >= 11 is 6.02. The summed E-state index contributed by atoms with van der Waals surface area (Å²) in [6, 6.07) is 17.0. The fourth-order valence-electron chi connectivity index (χ4n) is 2.66. The maximum atomic E-state index is 6.02. The van der Waals surface area contributed by atoms with Gasteiger partial charge < -0.3 is 4.57 Å². The van der Waals surface area contributed by atoms with E-state index in [0.29, 0.717) is 0 Å². The van der Waals surface area contributed by atoms with Gasteiger partial charge in [0.05, 0.1) is 0 Å². The van der Waals surface area contributed by atoms with Gasteiger partial charge in [0.2, 0.25) is 0 Å². The second kappa shape index (κ2) is 3.14. The number of benzene rings is 2. The van der Waals surface area contributed by atoms with Gasteiger partial charge in [0.15, 0.2) is 0 Å². The van der Waals surface area contributed by atoms with Gasteiger partial charge in [-0.3, -0.25) is 0 Å². The number of halogens is 1. The minimum atomic E-state index is 0.804. The van der Waals surface area contributed by atoms with E-state index in [2.05, 4.69) is 34.9 Å². The van der Waals surface area contributed by atoms with Gasteiger partial charge in [0.25, 0.3) is 0 Å². The molecule has 1 aliphatic heterocycles. The van der Waals surface area contributed by atoms with Crippen molar-refractivity contribution in [1.29, 1.82) is 0 Å². The molecule has 0 amide bonds. The van der Waals surface area contributed by atoms with Crippen LogP contribution in [0.1, 0.15) is 5.56 Å². The summed E-state index contributed by atoms with van der Waals surface area (Å²) in [5.74, 6) is 0. The van der Waals surface area contributed by atoms with Crippen molar-refractivity contribution in [2.75, 3.05) is 0 Å². The minimum absolute atomic E-state index is 0.804. The van der Waals surface area contributed by atoms with Crippen LogP contribution in [0.4, 0.5) is 0 Å². The SMILES string of the molecule is Clc1cccc(Cn2c3cc4cc-3ccc42)c1. The third-order valence-electron chi connectivity index (χ3n) is 3.43.